The van der Waals surface area contributed by atoms with Crippen LogP contribution in [0, 0.1) is 0 Å². The van der Waals surface area contributed by atoms with Crippen molar-refractivity contribution >= 4 is 5.82 Å². The van der Waals surface area contributed by atoms with Crippen molar-refractivity contribution in [2.24, 2.45) is 0 Å². The number of imidazole rings is 1. The molecule has 2 rings (SSSR count). The highest BCUT2D eigenvalue weighted by Gasteiger charge is 2.31. The minimum absolute atomic E-state index is 0.133. The summed E-state index contributed by atoms with van der Waals surface area (Å²) in [5.41, 5.74) is 4.63. The zero-order chi connectivity index (χ0) is 14.0. The first-order valence-corrected chi connectivity index (χ1v) is 5.79. The highest BCUT2D eigenvalue weighted by Crippen LogP contribution is 2.31. The Morgan fingerprint density at radius 3 is 2.68 bits per heavy atom. The largest absolute Gasteiger partial charge is 0.416 e. The van der Waals surface area contributed by atoms with E-state index in [0.29, 0.717) is 12.2 Å². The summed E-state index contributed by atoms with van der Waals surface area (Å²) in [6.45, 7) is 1.97. The molecule has 0 aliphatic rings. The number of aryl methyl sites for hydroxylation is 1. The average molecular weight is 270 g/mol. The van der Waals surface area contributed by atoms with Crippen molar-refractivity contribution < 1.29 is 13.2 Å². The molecule has 0 aromatic carbocycles. The van der Waals surface area contributed by atoms with Crippen molar-refractivity contribution in [1.82, 2.24) is 14.5 Å². The molecule has 2 heterocycles. The van der Waals surface area contributed by atoms with E-state index in [1.807, 2.05) is 6.92 Å². The maximum Gasteiger partial charge on any atom is 0.416 e. The summed E-state index contributed by atoms with van der Waals surface area (Å²) < 4.78 is 39.7. The number of anilines is 1. The fourth-order valence-electron chi connectivity index (χ4n) is 1.78. The number of alkyl halides is 3. The fraction of sp³-hybridized carbons (Fsp3) is 0.333. The summed E-state index contributed by atoms with van der Waals surface area (Å²) in [5, 5.41) is 0. The van der Waals surface area contributed by atoms with Gasteiger partial charge in [0.15, 0.2) is 0 Å². The Bertz CT molecular complexity index is 575. The summed E-state index contributed by atoms with van der Waals surface area (Å²) in [6, 6.07) is 1.79. The minimum Gasteiger partial charge on any atom is -0.384 e. The van der Waals surface area contributed by atoms with Crippen LogP contribution in [0.15, 0.2) is 24.5 Å². The topological polar surface area (TPSA) is 56.7 Å². The van der Waals surface area contributed by atoms with E-state index in [4.69, 9.17) is 5.73 Å². The van der Waals surface area contributed by atoms with Gasteiger partial charge in [0.25, 0.3) is 0 Å². The summed E-state index contributed by atoms with van der Waals surface area (Å²) in [4.78, 5) is 8.04. The van der Waals surface area contributed by atoms with E-state index in [9.17, 15) is 13.2 Å². The Morgan fingerprint density at radius 1 is 1.32 bits per heavy atom. The monoisotopic (exact) mass is 270 g/mol. The third kappa shape index (κ3) is 2.86. The van der Waals surface area contributed by atoms with Gasteiger partial charge in [0, 0.05) is 18.8 Å². The summed E-state index contributed by atoms with van der Waals surface area (Å²) >= 11 is 0. The molecule has 4 nitrogen and oxygen atoms in total. The molecule has 0 saturated heterocycles. The predicted molar refractivity (Wildman–Crippen MR) is 64.8 cm³/mol. The first-order valence-electron chi connectivity index (χ1n) is 5.79. The molecule has 0 atom stereocenters. The Hall–Kier alpha value is -2.05. The Morgan fingerprint density at radius 2 is 2.05 bits per heavy atom. The van der Waals surface area contributed by atoms with Gasteiger partial charge in [-0.25, -0.2) is 9.97 Å². The number of halogens is 3. The van der Waals surface area contributed by atoms with E-state index in [1.54, 1.807) is 6.20 Å². The molecule has 2 N–H and O–H groups in total. The summed E-state index contributed by atoms with van der Waals surface area (Å²) in [7, 11) is 0. The van der Waals surface area contributed by atoms with E-state index in [-0.39, 0.29) is 11.6 Å². The van der Waals surface area contributed by atoms with Crippen LogP contribution in [0.5, 0.6) is 0 Å². The highest BCUT2D eigenvalue weighted by atomic mass is 19.4. The molecule has 0 fully saturated rings. The number of nitrogens with two attached hydrogens (primary N) is 1. The predicted octanol–water partition coefficient (Wildman–Crippen LogP) is 2.82. The van der Waals surface area contributed by atoms with Gasteiger partial charge >= 0.3 is 6.18 Å². The van der Waals surface area contributed by atoms with E-state index < -0.39 is 11.7 Å². The quantitative estimate of drug-likeness (QED) is 0.933. The molecule has 2 aromatic rings. The van der Waals surface area contributed by atoms with Gasteiger partial charge in [-0.2, -0.15) is 13.2 Å². The van der Waals surface area contributed by atoms with Crippen molar-refractivity contribution in [1.29, 1.82) is 0 Å². The Kier molecular flexibility index (Phi) is 3.46. The van der Waals surface area contributed by atoms with Crippen LogP contribution >= 0.6 is 0 Å². The maximum atomic E-state index is 12.7. The highest BCUT2D eigenvalue weighted by molar-refractivity contribution is 5.42. The molecule has 0 aliphatic heterocycles. The lowest BCUT2D eigenvalue weighted by Crippen LogP contribution is -2.10. The second-order valence-corrected chi connectivity index (χ2v) is 4.10. The molecule has 0 amide bonds. The van der Waals surface area contributed by atoms with Crippen LogP contribution in [-0.2, 0) is 12.6 Å². The smallest absolute Gasteiger partial charge is 0.384 e. The fourth-order valence-corrected chi connectivity index (χ4v) is 1.78. The van der Waals surface area contributed by atoms with Crippen LogP contribution in [-0.4, -0.2) is 14.5 Å². The second kappa shape index (κ2) is 4.91. The first-order chi connectivity index (χ1) is 8.91. The lowest BCUT2D eigenvalue weighted by molar-refractivity contribution is -0.137. The van der Waals surface area contributed by atoms with Gasteiger partial charge in [-0.05, 0) is 18.6 Å². The van der Waals surface area contributed by atoms with E-state index in [0.717, 1.165) is 18.6 Å². The lowest BCUT2D eigenvalue weighted by atomic mass is 10.2. The van der Waals surface area contributed by atoms with Crippen LogP contribution in [0.25, 0.3) is 5.82 Å². The Labute approximate surface area is 108 Å². The molecule has 0 aliphatic carbocycles. The number of nitrogens with zero attached hydrogens (tertiary/aromatic N) is 3. The zero-order valence-corrected chi connectivity index (χ0v) is 10.3. The van der Waals surface area contributed by atoms with Crippen LogP contribution in [0.3, 0.4) is 0 Å². The van der Waals surface area contributed by atoms with Crippen molar-refractivity contribution in [3.63, 3.8) is 0 Å². The molecular formula is C12H13F3N4. The number of hydrogen-bond acceptors (Lipinski definition) is 3. The summed E-state index contributed by atoms with van der Waals surface area (Å²) in [5.74, 6) is 0.628. The van der Waals surface area contributed by atoms with Gasteiger partial charge in [-0.1, -0.05) is 6.92 Å². The zero-order valence-electron chi connectivity index (χ0n) is 10.3. The van der Waals surface area contributed by atoms with Gasteiger partial charge in [-0.15, -0.1) is 0 Å². The number of hydrogen-bond donors (Lipinski definition) is 1. The van der Waals surface area contributed by atoms with Crippen LogP contribution in [0.1, 0.15) is 24.7 Å². The van der Waals surface area contributed by atoms with Crippen molar-refractivity contribution in [3.8, 4) is 5.82 Å². The molecule has 0 bridgehead atoms. The van der Waals surface area contributed by atoms with Gasteiger partial charge < -0.3 is 5.73 Å². The SMILES string of the molecule is CCCc1nccn1-c1cc(C(F)(F)F)cc(N)n1. The van der Waals surface area contributed by atoms with Gasteiger partial charge in [0.05, 0.1) is 5.56 Å². The van der Waals surface area contributed by atoms with Crippen LogP contribution in [0.2, 0.25) is 0 Å². The maximum absolute atomic E-state index is 12.7. The van der Waals surface area contributed by atoms with Crippen molar-refractivity contribution in [3.05, 3.63) is 35.9 Å². The van der Waals surface area contributed by atoms with Crippen LogP contribution in [0.4, 0.5) is 19.0 Å². The molecule has 2 aromatic heterocycles. The normalized spacial score (nSPS) is 11.8. The molecule has 102 valence electrons. The standard InChI is InChI=1S/C12H13F3N4/c1-2-3-10-17-4-5-19(10)11-7-8(12(13,14)15)6-9(16)18-11/h4-7H,2-3H2,1H3,(H2,16,18). The third-order valence-corrected chi connectivity index (χ3v) is 2.60. The van der Waals surface area contributed by atoms with Gasteiger partial charge in [0.2, 0.25) is 0 Å². The summed E-state index contributed by atoms with van der Waals surface area (Å²) in [6.07, 6.45) is 0.156. The third-order valence-electron chi connectivity index (χ3n) is 2.60. The van der Waals surface area contributed by atoms with E-state index in [2.05, 4.69) is 9.97 Å². The molecule has 0 spiro atoms. The number of aromatic nitrogens is 3. The first kappa shape index (κ1) is 13.4. The van der Waals surface area contributed by atoms with Crippen LogP contribution < -0.4 is 5.73 Å². The molecule has 0 saturated carbocycles. The molecule has 19 heavy (non-hydrogen) atoms. The van der Waals surface area contributed by atoms with E-state index >= 15 is 0 Å². The molecule has 0 unspecified atom stereocenters. The number of rotatable bonds is 3. The lowest BCUT2D eigenvalue weighted by Gasteiger charge is -2.11. The second-order valence-electron chi connectivity index (χ2n) is 4.10. The molecular weight excluding hydrogens is 257 g/mol. The number of pyridine rings is 1. The van der Waals surface area contributed by atoms with Crippen molar-refractivity contribution in [2.75, 3.05) is 5.73 Å². The molecule has 7 heteroatoms. The molecule has 0 radical (unpaired) electrons. The van der Waals surface area contributed by atoms with E-state index in [1.165, 1.54) is 10.8 Å². The minimum atomic E-state index is -4.45. The number of nitrogen functional groups attached to an aromatic ring is 1. The van der Waals surface area contributed by atoms with Gasteiger partial charge in [-0.3, -0.25) is 4.57 Å². The van der Waals surface area contributed by atoms with Crippen molar-refractivity contribution in [2.45, 2.75) is 25.9 Å². The van der Waals surface area contributed by atoms with Gasteiger partial charge in [0.1, 0.15) is 17.5 Å². The average Bonchev–Trinajstić information content (AvgIpc) is 2.76. The Balaban J connectivity index is 2.50.